The van der Waals surface area contributed by atoms with E-state index < -0.39 is 10.0 Å². The van der Waals surface area contributed by atoms with Crippen LogP contribution in [0.3, 0.4) is 0 Å². The maximum Gasteiger partial charge on any atom is 0.253 e. The van der Waals surface area contributed by atoms with Gasteiger partial charge in [-0.3, -0.25) is 4.79 Å². The maximum absolute atomic E-state index is 12.9. The van der Waals surface area contributed by atoms with Crippen molar-refractivity contribution in [2.75, 3.05) is 45.2 Å². The van der Waals surface area contributed by atoms with Gasteiger partial charge in [-0.05, 0) is 43.2 Å². The summed E-state index contributed by atoms with van der Waals surface area (Å²) < 4.78 is 33.0. The van der Waals surface area contributed by atoms with Crippen LogP contribution in [0.25, 0.3) is 0 Å². The van der Waals surface area contributed by atoms with Crippen LogP contribution < -0.4 is 9.64 Å². The van der Waals surface area contributed by atoms with Crippen LogP contribution in [0.4, 0.5) is 5.82 Å². The normalized spacial score (nSPS) is 19.7. The Hall–Kier alpha value is -2.72. The lowest BCUT2D eigenvalue weighted by Crippen LogP contribution is -2.35. The molecule has 0 spiro atoms. The van der Waals surface area contributed by atoms with E-state index in [1.165, 1.54) is 16.4 Å². The molecule has 0 radical (unpaired) electrons. The van der Waals surface area contributed by atoms with Gasteiger partial charge < -0.3 is 14.5 Å². The molecule has 2 aromatic rings. The molecule has 0 bridgehead atoms. The lowest BCUT2D eigenvalue weighted by molar-refractivity contribution is 0.0771. The van der Waals surface area contributed by atoms with E-state index in [4.69, 9.17) is 4.74 Å². The molecule has 2 aliphatic heterocycles. The molecule has 0 saturated carbocycles. The van der Waals surface area contributed by atoms with Gasteiger partial charge in [-0.2, -0.15) is 4.31 Å². The largest absolute Gasteiger partial charge is 0.471 e. The van der Waals surface area contributed by atoms with Gasteiger partial charge in [0.15, 0.2) is 5.82 Å². The zero-order valence-corrected chi connectivity index (χ0v) is 19.3. The zero-order valence-electron chi connectivity index (χ0n) is 18.5. The lowest BCUT2D eigenvalue weighted by Gasteiger charge is -2.26. The number of nitrogens with zero attached hydrogens (tertiary/aromatic N) is 5. The summed E-state index contributed by atoms with van der Waals surface area (Å²) in [5.41, 5.74) is 0.471. The molecule has 10 heteroatoms. The number of hydrogen-bond acceptors (Lipinski definition) is 7. The Morgan fingerprint density at radius 3 is 2.34 bits per heavy atom. The third-order valence-corrected chi connectivity index (χ3v) is 7.77. The third kappa shape index (κ3) is 4.86. The fourth-order valence-corrected chi connectivity index (χ4v) is 5.52. The van der Waals surface area contributed by atoms with E-state index in [9.17, 15) is 13.2 Å². The SMILES string of the molecule is CN(C)c1ccc(OC2CCN(C(=O)c3ccc(S(=O)(=O)N4CCCCC4)cc3)C2)nn1. The number of amides is 1. The fraction of sp³-hybridized carbons (Fsp3) is 0.500. The number of likely N-dealkylation sites (tertiary alicyclic amines) is 1. The van der Waals surface area contributed by atoms with Gasteiger partial charge in [0.1, 0.15) is 6.10 Å². The second-order valence-corrected chi connectivity index (χ2v) is 10.3. The average Bonchev–Trinajstić information content (AvgIpc) is 3.28. The molecule has 2 saturated heterocycles. The van der Waals surface area contributed by atoms with Crippen molar-refractivity contribution >= 4 is 21.7 Å². The van der Waals surface area contributed by atoms with E-state index in [1.807, 2.05) is 25.1 Å². The molecule has 2 fully saturated rings. The Bertz CT molecular complexity index is 1030. The number of aromatic nitrogens is 2. The van der Waals surface area contributed by atoms with Crippen LogP contribution in [0.5, 0.6) is 5.88 Å². The van der Waals surface area contributed by atoms with E-state index in [-0.39, 0.29) is 16.9 Å². The molecular formula is C22H29N5O4S. The number of sulfonamides is 1. The van der Waals surface area contributed by atoms with Crippen LogP contribution in [0.2, 0.25) is 0 Å². The Kier molecular flexibility index (Phi) is 6.61. The average molecular weight is 460 g/mol. The van der Waals surface area contributed by atoms with Crippen molar-refractivity contribution in [1.29, 1.82) is 0 Å². The van der Waals surface area contributed by atoms with Crippen molar-refractivity contribution in [2.24, 2.45) is 0 Å². The molecule has 1 aromatic carbocycles. The second-order valence-electron chi connectivity index (χ2n) is 8.39. The van der Waals surface area contributed by atoms with Gasteiger partial charge in [0.05, 0.1) is 11.4 Å². The Morgan fingerprint density at radius 2 is 1.72 bits per heavy atom. The number of anilines is 1. The van der Waals surface area contributed by atoms with Crippen LogP contribution in [0.1, 0.15) is 36.0 Å². The summed E-state index contributed by atoms with van der Waals surface area (Å²) in [4.78, 5) is 16.7. The quantitative estimate of drug-likeness (QED) is 0.652. The van der Waals surface area contributed by atoms with E-state index in [0.717, 1.165) is 25.1 Å². The van der Waals surface area contributed by atoms with Crippen LogP contribution >= 0.6 is 0 Å². The predicted molar refractivity (Wildman–Crippen MR) is 120 cm³/mol. The Balaban J connectivity index is 1.36. The molecule has 2 aliphatic rings. The first kappa shape index (κ1) is 22.5. The summed E-state index contributed by atoms with van der Waals surface area (Å²) in [6.07, 6.45) is 3.38. The third-order valence-electron chi connectivity index (χ3n) is 5.86. The predicted octanol–water partition coefficient (Wildman–Crippen LogP) is 2.01. The van der Waals surface area contributed by atoms with Crippen LogP contribution in [-0.4, -0.2) is 80.1 Å². The summed E-state index contributed by atoms with van der Waals surface area (Å²) in [5, 5.41) is 8.19. The maximum atomic E-state index is 12.9. The number of piperidine rings is 1. The molecule has 9 nitrogen and oxygen atoms in total. The van der Waals surface area contributed by atoms with Crippen LogP contribution in [0.15, 0.2) is 41.3 Å². The van der Waals surface area contributed by atoms with Crippen LogP contribution in [-0.2, 0) is 10.0 Å². The van der Waals surface area contributed by atoms with Crippen LogP contribution in [0, 0.1) is 0 Å². The standard InChI is InChI=1S/C22H29N5O4S/c1-25(2)20-10-11-21(24-23-20)31-18-12-15-26(16-18)22(28)17-6-8-19(9-7-17)32(29,30)27-13-4-3-5-14-27/h6-11,18H,3-5,12-16H2,1-2H3. The van der Waals surface area contributed by atoms with Crippen molar-refractivity contribution in [1.82, 2.24) is 19.4 Å². The first-order chi connectivity index (χ1) is 15.3. The fourth-order valence-electron chi connectivity index (χ4n) is 4.00. The van der Waals surface area contributed by atoms with Crippen molar-refractivity contribution in [2.45, 2.75) is 36.7 Å². The highest BCUT2D eigenvalue weighted by Gasteiger charge is 2.30. The van der Waals surface area contributed by atoms with Gasteiger partial charge in [0.25, 0.3) is 5.91 Å². The highest BCUT2D eigenvalue weighted by atomic mass is 32.2. The molecule has 1 atom stereocenters. The summed E-state index contributed by atoms with van der Waals surface area (Å²) in [6, 6.07) is 9.86. The van der Waals surface area contributed by atoms with E-state index in [2.05, 4.69) is 10.2 Å². The summed E-state index contributed by atoms with van der Waals surface area (Å²) >= 11 is 0. The molecule has 1 aromatic heterocycles. The second kappa shape index (κ2) is 9.41. The number of ether oxygens (including phenoxy) is 1. The summed E-state index contributed by atoms with van der Waals surface area (Å²) in [7, 11) is 0.276. The molecule has 32 heavy (non-hydrogen) atoms. The van der Waals surface area contributed by atoms with Gasteiger partial charge in [0.2, 0.25) is 15.9 Å². The first-order valence-corrected chi connectivity index (χ1v) is 12.4. The lowest BCUT2D eigenvalue weighted by atomic mass is 10.2. The smallest absolute Gasteiger partial charge is 0.253 e. The molecule has 0 aliphatic carbocycles. The molecule has 172 valence electrons. The topological polar surface area (TPSA) is 95.9 Å². The van der Waals surface area contributed by atoms with E-state index in [0.29, 0.717) is 44.0 Å². The minimum Gasteiger partial charge on any atom is -0.471 e. The van der Waals surface area contributed by atoms with Gasteiger partial charge in [-0.25, -0.2) is 8.42 Å². The summed E-state index contributed by atoms with van der Waals surface area (Å²) in [6.45, 7) is 2.13. The van der Waals surface area contributed by atoms with Gasteiger partial charge >= 0.3 is 0 Å². The highest BCUT2D eigenvalue weighted by Crippen LogP contribution is 2.23. The molecule has 3 heterocycles. The minimum absolute atomic E-state index is 0.132. The zero-order chi connectivity index (χ0) is 22.7. The van der Waals surface area contributed by atoms with Crippen molar-refractivity contribution in [3.05, 3.63) is 42.0 Å². The molecule has 4 rings (SSSR count). The first-order valence-electron chi connectivity index (χ1n) is 10.9. The Morgan fingerprint density at radius 1 is 1.00 bits per heavy atom. The van der Waals surface area contributed by atoms with E-state index in [1.54, 1.807) is 23.1 Å². The molecular weight excluding hydrogens is 430 g/mol. The molecule has 1 unspecified atom stereocenters. The van der Waals surface area contributed by atoms with Gasteiger partial charge in [-0.15, -0.1) is 10.2 Å². The summed E-state index contributed by atoms with van der Waals surface area (Å²) in [5.74, 6) is 1.04. The van der Waals surface area contributed by atoms with E-state index >= 15 is 0 Å². The number of carbonyl (C=O) groups is 1. The van der Waals surface area contributed by atoms with Crippen molar-refractivity contribution < 1.29 is 17.9 Å². The van der Waals surface area contributed by atoms with Crippen molar-refractivity contribution in [3.8, 4) is 5.88 Å². The molecule has 0 N–H and O–H groups in total. The Labute approximate surface area is 189 Å². The number of hydrogen-bond donors (Lipinski definition) is 0. The van der Waals surface area contributed by atoms with Gasteiger partial charge in [0, 0.05) is 51.8 Å². The van der Waals surface area contributed by atoms with Crippen molar-refractivity contribution in [3.63, 3.8) is 0 Å². The number of rotatable bonds is 6. The highest BCUT2D eigenvalue weighted by molar-refractivity contribution is 7.89. The number of carbonyl (C=O) groups excluding carboxylic acids is 1. The van der Waals surface area contributed by atoms with Gasteiger partial charge in [-0.1, -0.05) is 6.42 Å². The molecule has 1 amide bonds. The number of benzene rings is 1. The minimum atomic E-state index is -3.50. The monoisotopic (exact) mass is 459 g/mol.